The molecule has 0 bridgehead atoms. The van der Waals surface area contributed by atoms with Gasteiger partial charge in [-0.05, 0) is 31.5 Å². The summed E-state index contributed by atoms with van der Waals surface area (Å²) in [7, 11) is 0. The monoisotopic (exact) mass is 261 g/mol. The molecule has 0 aliphatic heterocycles. The van der Waals surface area contributed by atoms with Crippen LogP contribution in [-0.4, -0.2) is 10.8 Å². The molecule has 0 atom stereocenters. The van der Waals surface area contributed by atoms with E-state index in [1.54, 1.807) is 6.92 Å². The number of nitrogens with zero attached hydrogens (tertiary/aromatic N) is 1. The number of hydrogen-bond acceptors (Lipinski definition) is 4. The Kier molecular flexibility index (Phi) is 3.77. The summed E-state index contributed by atoms with van der Waals surface area (Å²) in [5.74, 6) is 0.888. The Morgan fingerprint density at radius 3 is 2.78 bits per heavy atom. The Bertz CT molecular complexity index is 575. The van der Waals surface area contributed by atoms with E-state index in [0.717, 1.165) is 26.9 Å². The van der Waals surface area contributed by atoms with Crippen molar-refractivity contribution in [2.24, 2.45) is 0 Å². The molecule has 0 fully saturated rings. The van der Waals surface area contributed by atoms with E-state index in [1.807, 2.05) is 38.1 Å². The molecule has 0 saturated heterocycles. The maximum absolute atomic E-state index is 11.3. The number of ether oxygens (including phenoxy) is 1. The fraction of sp³-hybridized carbons (Fsp3) is 0.286. The topological polar surface area (TPSA) is 39.2 Å². The molecule has 1 aromatic heterocycles. The van der Waals surface area contributed by atoms with Crippen molar-refractivity contribution < 1.29 is 9.53 Å². The summed E-state index contributed by atoms with van der Waals surface area (Å²) in [6.07, 6.45) is 0. The Morgan fingerprint density at radius 2 is 2.17 bits per heavy atom. The van der Waals surface area contributed by atoms with Gasteiger partial charge in [0.2, 0.25) is 0 Å². The molecule has 0 unspecified atom stereocenters. The molecule has 0 aliphatic rings. The Hall–Kier alpha value is -1.68. The van der Waals surface area contributed by atoms with Gasteiger partial charge in [0.25, 0.3) is 0 Å². The van der Waals surface area contributed by atoms with Crippen LogP contribution < -0.4 is 4.74 Å². The number of aryl methyl sites for hydroxylation is 2. The summed E-state index contributed by atoms with van der Waals surface area (Å²) in [4.78, 5) is 16.4. The van der Waals surface area contributed by atoms with Crippen LogP contribution in [0.2, 0.25) is 0 Å². The van der Waals surface area contributed by atoms with Gasteiger partial charge in [-0.1, -0.05) is 12.1 Å². The van der Waals surface area contributed by atoms with Crippen LogP contribution in [0.4, 0.5) is 0 Å². The minimum atomic E-state index is 0.0619. The standard InChI is InChI=1S/C14H15NO2S/c1-9-5-4-6-12(7-9)17-8-13-15-10(2)14(18-13)11(3)16/h4-7H,8H2,1-3H3. The lowest BCUT2D eigenvalue weighted by Crippen LogP contribution is -1.94. The number of Topliss-reactive ketones (excluding diaryl/α,β-unsaturated/α-hetero) is 1. The van der Waals surface area contributed by atoms with Crippen molar-refractivity contribution in [3.8, 4) is 5.75 Å². The predicted octanol–water partition coefficient (Wildman–Crippen LogP) is 3.54. The third-order valence-electron chi connectivity index (χ3n) is 2.51. The molecule has 2 aromatic rings. The van der Waals surface area contributed by atoms with Crippen LogP contribution in [0, 0.1) is 13.8 Å². The van der Waals surface area contributed by atoms with Crippen molar-refractivity contribution in [1.82, 2.24) is 4.98 Å². The van der Waals surface area contributed by atoms with Crippen molar-refractivity contribution in [2.45, 2.75) is 27.4 Å². The molecule has 4 heteroatoms. The number of carbonyl (C=O) groups is 1. The number of ketones is 1. The lowest BCUT2D eigenvalue weighted by Gasteiger charge is -2.04. The van der Waals surface area contributed by atoms with Crippen molar-refractivity contribution >= 4 is 17.1 Å². The zero-order chi connectivity index (χ0) is 13.1. The van der Waals surface area contributed by atoms with Crippen LogP contribution in [-0.2, 0) is 6.61 Å². The summed E-state index contributed by atoms with van der Waals surface area (Å²) in [5.41, 5.74) is 1.95. The molecule has 94 valence electrons. The molecule has 0 N–H and O–H groups in total. The highest BCUT2D eigenvalue weighted by Gasteiger charge is 2.11. The van der Waals surface area contributed by atoms with Gasteiger partial charge in [-0.3, -0.25) is 4.79 Å². The lowest BCUT2D eigenvalue weighted by atomic mass is 10.2. The van der Waals surface area contributed by atoms with Crippen molar-refractivity contribution in [2.75, 3.05) is 0 Å². The van der Waals surface area contributed by atoms with Crippen LogP contribution >= 0.6 is 11.3 Å². The van der Waals surface area contributed by atoms with Gasteiger partial charge in [0, 0.05) is 6.92 Å². The minimum Gasteiger partial charge on any atom is -0.486 e. The highest BCUT2D eigenvalue weighted by Crippen LogP contribution is 2.21. The van der Waals surface area contributed by atoms with E-state index in [1.165, 1.54) is 11.3 Å². The summed E-state index contributed by atoms with van der Waals surface area (Å²) < 4.78 is 5.66. The van der Waals surface area contributed by atoms with E-state index < -0.39 is 0 Å². The molecule has 0 spiro atoms. The Morgan fingerprint density at radius 1 is 1.39 bits per heavy atom. The van der Waals surface area contributed by atoms with Crippen LogP contribution in [0.5, 0.6) is 5.75 Å². The fourth-order valence-corrected chi connectivity index (χ4v) is 2.56. The first-order valence-corrected chi connectivity index (χ1v) is 6.54. The van der Waals surface area contributed by atoms with Crippen molar-refractivity contribution in [3.63, 3.8) is 0 Å². The van der Waals surface area contributed by atoms with E-state index in [0.29, 0.717) is 6.61 Å². The second kappa shape index (κ2) is 5.31. The normalized spacial score (nSPS) is 10.4. The van der Waals surface area contributed by atoms with Gasteiger partial charge in [-0.25, -0.2) is 4.98 Å². The molecule has 0 aliphatic carbocycles. The molecule has 1 aromatic carbocycles. The third-order valence-corrected chi connectivity index (χ3v) is 3.74. The molecular formula is C14H15NO2S. The van der Waals surface area contributed by atoms with Gasteiger partial charge in [-0.15, -0.1) is 11.3 Å². The summed E-state index contributed by atoms with van der Waals surface area (Å²) in [6, 6.07) is 7.87. The highest BCUT2D eigenvalue weighted by molar-refractivity contribution is 7.13. The van der Waals surface area contributed by atoms with Crippen molar-refractivity contribution in [3.05, 3.63) is 45.4 Å². The maximum Gasteiger partial charge on any atom is 0.171 e. The molecule has 18 heavy (non-hydrogen) atoms. The second-order valence-corrected chi connectivity index (χ2v) is 5.27. The average Bonchev–Trinajstić information content (AvgIpc) is 2.68. The molecule has 0 amide bonds. The summed E-state index contributed by atoms with van der Waals surface area (Å²) in [5, 5.41) is 0.833. The molecule has 0 radical (unpaired) electrons. The van der Waals surface area contributed by atoms with Crippen LogP contribution in [0.15, 0.2) is 24.3 Å². The third kappa shape index (κ3) is 2.96. The quantitative estimate of drug-likeness (QED) is 0.790. The number of benzene rings is 1. The number of rotatable bonds is 4. The van der Waals surface area contributed by atoms with Crippen molar-refractivity contribution in [1.29, 1.82) is 0 Å². The molecule has 0 saturated carbocycles. The van der Waals surface area contributed by atoms with Crippen LogP contribution in [0.3, 0.4) is 0 Å². The number of thiazole rings is 1. The van der Waals surface area contributed by atoms with Gasteiger partial charge >= 0.3 is 0 Å². The van der Waals surface area contributed by atoms with Gasteiger partial charge in [-0.2, -0.15) is 0 Å². The van der Waals surface area contributed by atoms with Gasteiger partial charge in [0.15, 0.2) is 5.78 Å². The smallest absolute Gasteiger partial charge is 0.171 e. The lowest BCUT2D eigenvalue weighted by molar-refractivity contribution is 0.102. The Labute approximate surface area is 110 Å². The minimum absolute atomic E-state index is 0.0619. The first-order chi connectivity index (χ1) is 8.56. The number of hydrogen-bond donors (Lipinski definition) is 0. The largest absolute Gasteiger partial charge is 0.486 e. The first-order valence-electron chi connectivity index (χ1n) is 5.73. The Balaban J connectivity index is 2.06. The summed E-state index contributed by atoms with van der Waals surface area (Å²) in [6.45, 7) is 5.84. The van der Waals surface area contributed by atoms with Crippen LogP contribution in [0.1, 0.15) is 32.9 Å². The fourth-order valence-electron chi connectivity index (χ4n) is 1.69. The maximum atomic E-state index is 11.3. The molecule has 2 rings (SSSR count). The first kappa shape index (κ1) is 12.8. The van der Waals surface area contributed by atoms with E-state index in [4.69, 9.17) is 4.74 Å². The number of aromatic nitrogens is 1. The van der Waals surface area contributed by atoms with E-state index in [2.05, 4.69) is 4.98 Å². The van der Waals surface area contributed by atoms with Gasteiger partial charge in [0.05, 0.1) is 10.6 Å². The summed E-state index contributed by atoms with van der Waals surface area (Å²) >= 11 is 1.41. The van der Waals surface area contributed by atoms with Gasteiger partial charge in [0.1, 0.15) is 17.4 Å². The van der Waals surface area contributed by atoms with E-state index in [9.17, 15) is 4.79 Å². The zero-order valence-corrected chi connectivity index (χ0v) is 11.5. The van der Waals surface area contributed by atoms with Gasteiger partial charge < -0.3 is 4.74 Å². The van der Waals surface area contributed by atoms with E-state index >= 15 is 0 Å². The number of carbonyl (C=O) groups excluding carboxylic acids is 1. The molecule has 3 nitrogen and oxygen atoms in total. The SMILES string of the molecule is CC(=O)c1sc(COc2cccc(C)c2)nc1C. The highest BCUT2D eigenvalue weighted by atomic mass is 32.1. The molecular weight excluding hydrogens is 246 g/mol. The van der Waals surface area contributed by atoms with Crippen LogP contribution in [0.25, 0.3) is 0 Å². The molecule has 1 heterocycles. The average molecular weight is 261 g/mol. The second-order valence-electron chi connectivity index (χ2n) is 4.18. The van der Waals surface area contributed by atoms with E-state index in [-0.39, 0.29) is 5.78 Å². The zero-order valence-electron chi connectivity index (χ0n) is 10.7. The predicted molar refractivity (Wildman–Crippen MR) is 72.4 cm³/mol.